The topological polar surface area (TPSA) is 69.6 Å². The predicted octanol–water partition coefficient (Wildman–Crippen LogP) is 1.91. The molecule has 1 aromatic rings. The van der Waals surface area contributed by atoms with Crippen molar-refractivity contribution in [2.45, 2.75) is 25.6 Å². The summed E-state index contributed by atoms with van der Waals surface area (Å²) in [5, 5.41) is 23.1. The van der Waals surface area contributed by atoms with Crippen LogP contribution in [0.4, 0.5) is 0 Å². The van der Waals surface area contributed by atoms with Crippen molar-refractivity contribution in [1.82, 2.24) is 5.32 Å². The second-order valence-electron chi connectivity index (χ2n) is 3.95. The lowest BCUT2D eigenvalue weighted by atomic mass is 10.0. The molecule has 0 radical (unpaired) electrons. The fraction of sp³-hybridized carbons (Fsp3) is 0.417. The van der Waals surface area contributed by atoms with Crippen molar-refractivity contribution in [3.05, 3.63) is 33.8 Å². The number of benzene rings is 1. The Labute approximate surface area is 116 Å². The Bertz CT molecular complexity index is 426. The molecule has 0 fully saturated rings. The van der Waals surface area contributed by atoms with Gasteiger partial charge in [-0.3, -0.25) is 4.79 Å². The average Bonchev–Trinajstić information content (AvgIpc) is 2.30. The quantitative estimate of drug-likeness (QED) is 0.776. The summed E-state index contributed by atoms with van der Waals surface area (Å²) in [6.45, 7) is 1.67. The number of carbonyl (C=O) groups is 1. The van der Waals surface area contributed by atoms with E-state index >= 15 is 0 Å². The van der Waals surface area contributed by atoms with Crippen LogP contribution in [0.2, 0.25) is 10.0 Å². The van der Waals surface area contributed by atoms with E-state index in [4.69, 9.17) is 23.2 Å². The number of rotatable bonds is 5. The van der Waals surface area contributed by atoms with Crippen molar-refractivity contribution in [3.8, 4) is 0 Å². The van der Waals surface area contributed by atoms with Crippen molar-refractivity contribution >= 4 is 29.1 Å². The summed E-state index contributed by atoms with van der Waals surface area (Å²) in [7, 11) is 0. The number of nitrogens with one attached hydrogen (secondary N) is 1. The van der Waals surface area contributed by atoms with Crippen molar-refractivity contribution in [1.29, 1.82) is 0 Å². The van der Waals surface area contributed by atoms with Gasteiger partial charge in [-0.25, -0.2) is 0 Å². The van der Waals surface area contributed by atoms with E-state index in [9.17, 15) is 15.0 Å². The van der Waals surface area contributed by atoms with Gasteiger partial charge in [-0.2, -0.15) is 0 Å². The van der Waals surface area contributed by atoms with Gasteiger partial charge in [-0.15, -0.1) is 0 Å². The smallest absolute Gasteiger partial charge is 0.216 e. The van der Waals surface area contributed by atoms with Gasteiger partial charge in [0, 0.05) is 29.1 Å². The molecule has 2 atom stereocenters. The molecule has 0 saturated heterocycles. The van der Waals surface area contributed by atoms with E-state index in [1.54, 1.807) is 12.1 Å². The van der Waals surface area contributed by atoms with Crippen LogP contribution in [0.15, 0.2) is 18.2 Å². The molecule has 4 nitrogen and oxygen atoms in total. The molecule has 0 saturated carbocycles. The second kappa shape index (κ2) is 6.95. The molecule has 6 heteroatoms. The van der Waals surface area contributed by atoms with Gasteiger partial charge < -0.3 is 15.5 Å². The van der Waals surface area contributed by atoms with Crippen LogP contribution in [0.5, 0.6) is 0 Å². The Hall–Kier alpha value is -0.810. The number of carbonyl (C=O) groups excluding carboxylic acids is 1. The highest BCUT2D eigenvalue weighted by Gasteiger charge is 2.20. The molecule has 1 amide bonds. The normalized spacial score (nSPS) is 14.1. The first-order chi connectivity index (χ1) is 8.41. The molecule has 0 aliphatic heterocycles. The largest absolute Gasteiger partial charge is 0.390 e. The number of hydrogen-bond acceptors (Lipinski definition) is 3. The van der Waals surface area contributed by atoms with Gasteiger partial charge in [0.25, 0.3) is 0 Å². The third-order valence-corrected chi connectivity index (χ3v) is 3.03. The molecule has 1 aromatic carbocycles. The van der Waals surface area contributed by atoms with E-state index in [0.29, 0.717) is 15.6 Å². The highest BCUT2D eigenvalue weighted by molar-refractivity contribution is 6.33. The highest BCUT2D eigenvalue weighted by atomic mass is 35.5. The molecule has 0 aliphatic carbocycles. The molecule has 0 aromatic heterocycles. The molecule has 0 aliphatic rings. The maximum atomic E-state index is 10.7. The fourth-order valence-corrected chi connectivity index (χ4v) is 1.91. The van der Waals surface area contributed by atoms with Crippen molar-refractivity contribution in [3.63, 3.8) is 0 Å². The van der Waals surface area contributed by atoms with Gasteiger partial charge in [0.1, 0.15) is 6.10 Å². The molecule has 100 valence electrons. The first-order valence-electron chi connectivity index (χ1n) is 5.47. The van der Waals surface area contributed by atoms with Crippen LogP contribution in [0.25, 0.3) is 0 Å². The number of aliphatic hydroxyl groups excluding tert-OH is 2. The second-order valence-corrected chi connectivity index (χ2v) is 4.79. The van der Waals surface area contributed by atoms with Crippen LogP contribution in [0, 0.1) is 0 Å². The summed E-state index contributed by atoms with van der Waals surface area (Å²) >= 11 is 11.7. The molecule has 2 unspecified atom stereocenters. The predicted molar refractivity (Wildman–Crippen MR) is 70.7 cm³/mol. The zero-order valence-corrected chi connectivity index (χ0v) is 11.4. The fourth-order valence-electron chi connectivity index (χ4n) is 1.50. The minimum Gasteiger partial charge on any atom is -0.390 e. The summed E-state index contributed by atoms with van der Waals surface area (Å²) < 4.78 is 0. The Morgan fingerprint density at radius 3 is 2.67 bits per heavy atom. The van der Waals surface area contributed by atoms with Crippen LogP contribution in [-0.4, -0.2) is 28.8 Å². The lowest BCUT2D eigenvalue weighted by molar-refractivity contribution is -0.119. The van der Waals surface area contributed by atoms with Gasteiger partial charge in [-0.1, -0.05) is 23.2 Å². The van der Waals surface area contributed by atoms with Gasteiger partial charge in [0.15, 0.2) is 0 Å². The Kier molecular flexibility index (Phi) is 5.88. The molecule has 0 heterocycles. The average molecular weight is 292 g/mol. The monoisotopic (exact) mass is 291 g/mol. The Morgan fingerprint density at radius 2 is 2.06 bits per heavy atom. The molecule has 18 heavy (non-hydrogen) atoms. The minimum atomic E-state index is -1.13. The van der Waals surface area contributed by atoms with E-state index in [0.717, 1.165) is 0 Å². The number of aliphatic hydroxyl groups is 2. The number of amides is 1. The van der Waals surface area contributed by atoms with Crippen molar-refractivity contribution < 1.29 is 15.0 Å². The van der Waals surface area contributed by atoms with E-state index < -0.39 is 12.2 Å². The zero-order valence-electron chi connectivity index (χ0n) is 9.86. The van der Waals surface area contributed by atoms with Gasteiger partial charge >= 0.3 is 0 Å². The Morgan fingerprint density at radius 1 is 1.39 bits per heavy atom. The van der Waals surface area contributed by atoms with Crippen molar-refractivity contribution in [2.24, 2.45) is 0 Å². The standard InChI is InChI=1S/C12H15Cl2NO3/c1-7(16)15-5-4-11(17)12(18)9-6-8(13)2-3-10(9)14/h2-3,6,11-12,17-18H,4-5H2,1H3,(H,15,16). The molecule has 3 N–H and O–H groups in total. The third-order valence-electron chi connectivity index (χ3n) is 2.46. The van der Waals surface area contributed by atoms with Crippen molar-refractivity contribution in [2.75, 3.05) is 6.54 Å². The first kappa shape index (κ1) is 15.2. The number of hydrogen-bond donors (Lipinski definition) is 3. The molecular weight excluding hydrogens is 277 g/mol. The minimum absolute atomic E-state index is 0.183. The van der Waals surface area contributed by atoms with E-state index in [1.807, 2.05) is 0 Å². The highest BCUT2D eigenvalue weighted by Crippen LogP contribution is 2.28. The van der Waals surface area contributed by atoms with Gasteiger partial charge in [0.2, 0.25) is 5.91 Å². The van der Waals surface area contributed by atoms with Crippen LogP contribution in [-0.2, 0) is 4.79 Å². The SMILES string of the molecule is CC(=O)NCCC(O)C(O)c1cc(Cl)ccc1Cl. The first-order valence-corrected chi connectivity index (χ1v) is 6.23. The molecule has 0 bridgehead atoms. The maximum absolute atomic E-state index is 10.7. The number of halogens is 2. The zero-order chi connectivity index (χ0) is 13.7. The van der Waals surface area contributed by atoms with Crippen LogP contribution >= 0.6 is 23.2 Å². The van der Waals surface area contributed by atoms with Crippen LogP contribution < -0.4 is 5.32 Å². The lowest BCUT2D eigenvalue weighted by Crippen LogP contribution is -2.27. The molecule has 0 spiro atoms. The van der Waals surface area contributed by atoms with Gasteiger partial charge in [-0.05, 0) is 24.6 Å². The summed E-state index contributed by atoms with van der Waals surface area (Å²) in [5.74, 6) is -0.183. The summed E-state index contributed by atoms with van der Waals surface area (Å²) in [6, 6.07) is 4.67. The van der Waals surface area contributed by atoms with Crippen LogP contribution in [0.3, 0.4) is 0 Å². The maximum Gasteiger partial charge on any atom is 0.216 e. The van der Waals surface area contributed by atoms with E-state index in [-0.39, 0.29) is 18.9 Å². The van der Waals surface area contributed by atoms with E-state index in [1.165, 1.54) is 13.0 Å². The Balaban J connectivity index is 2.64. The summed E-state index contributed by atoms with van der Waals surface area (Å²) in [6.07, 6.45) is -1.93. The summed E-state index contributed by atoms with van der Waals surface area (Å²) in [5.41, 5.74) is 0.375. The molecule has 1 rings (SSSR count). The third kappa shape index (κ3) is 4.46. The van der Waals surface area contributed by atoms with E-state index in [2.05, 4.69) is 5.32 Å². The lowest BCUT2D eigenvalue weighted by Gasteiger charge is -2.19. The summed E-state index contributed by atoms with van der Waals surface area (Å²) in [4.78, 5) is 10.7. The van der Waals surface area contributed by atoms with Gasteiger partial charge in [0.05, 0.1) is 6.10 Å². The van der Waals surface area contributed by atoms with Crippen LogP contribution in [0.1, 0.15) is 25.0 Å². The molecular formula is C12H15Cl2NO3.